The number of anilines is 2. The number of nitrogens with zero attached hydrogens (tertiary/aromatic N) is 3. The van der Waals surface area contributed by atoms with Crippen molar-refractivity contribution in [3.8, 4) is 11.4 Å². The molecule has 0 amide bonds. The van der Waals surface area contributed by atoms with Gasteiger partial charge in [0.1, 0.15) is 5.75 Å². The maximum absolute atomic E-state index is 13.1. The molecule has 0 saturated heterocycles. The van der Waals surface area contributed by atoms with Crippen LogP contribution in [-0.2, 0) is 12.8 Å². The van der Waals surface area contributed by atoms with Crippen molar-refractivity contribution >= 4 is 11.5 Å². The Kier molecular flexibility index (Phi) is 5.04. The predicted octanol–water partition coefficient (Wildman–Crippen LogP) is 3.84. The van der Waals surface area contributed by atoms with E-state index in [9.17, 15) is 18.3 Å². The van der Waals surface area contributed by atoms with Crippen LogP contribution in [0.2, 0.25) is 0 Å². The van der Waals surface area contributed by atoms with E-state index in [2.05, 4.69) is 15.4 Å². The smallest absolute Gasteiger partial charge is 0.416 e. The van der Waals surface area contributed by atoms with Gasteiger partial charge in [-0.2, -0.15) is 13.2 Å². The first-order chi connectivity index (χ1) is 12.8. The van der Waals surface area contributed by atoms with Crippen LogP contribution in [0.3, 0.4) is 0 Å². The van der Waals surface area contributed by atoms with Gasteiger partial charge in [-0.1, -0.05) is 0 Å². The third-order valence-corrected chi connectivity index (χ3v) is 3.81. The Bertz CT molecular complexity index is 954. The number of aryl methyl sites for hydroxylation is 1. The molecule has 0 radical (unpaired) electrons. The van der Waals surface area contributed by atoms with E-state index in [0.29, 0.717) is 11.4 Å². The number of benzene rings is 1. The molecule has 2 N–H and O–H groups in total. The summed E-state index contributed by atoms with van der Waals surface area (Å²) in [5, 5.41) is 16.8. The van der Waals surface area contributed by atoms with Crippen molar-refractivity contribution in [3.63, 3.8) is 0 Å². The van der Waals surface area contributed by atoms with Crippen molar-refractivity contribution in [2.24, 2.45) is 0 Å². The second-order valence-corrected chi connectivity index (χ2v) is 5.82. The van der Waals surface area contributed by atoms with Gasteiger partial charge in [0.05, 0.1) is 30.7 Å². The topological polar surface area (TPSA) is 72.2 Å². The van der Waals surface area contributed by atoms with Gasteiger partial charge in [-0.25, -0.2) is 4.68 Å². The van der Waals surface area contributed by atoms with Crippen LogP contribution in [0.1, 0.15) is 17.0 Å². The summed E-state index contributed by atoms with van der Waals surface area (Å²) >= 11 is 0. The van der Waals surface area contributed by atoms with Crippen LogP contribution in [-0.4, -0.2) is 27.0 Å². The average Bonchev–Trinajstić information content (AvgIpc) is 3.03. The Labute approximate surface area is 153 Å². The highest BCUT2D eigenvalue weighted by atomic mass is 19.4. The van der Waals surface area contributed by atoms with Crippen molar-refractivity contribution in [3.05, 3.63) is 59.5 Å². The summed E-state index contributed by atoms with van der Waals surface area (Å²) in [6.07, 6.45) is -2.90. The van der Waals surface area contributed by atoms with Crippen molar-refractivity contribution in [1.29, 1.82) is 0 Å². The van der Waals surface area contributed by atoms with Crippen molar-refractivity contribution < 1.29 is 23.0 Å². The molecule has 0 aliphatic heterocycles. The number of aliphatic hydroxyl groups is 1. The number of pyridine rings is 1. The molecule has 6 nitrogen and oxygen atoms in total. The van der Waals surface area contributed by atoms with Gasteiger partial charge in [0, 0.05) is 29.7 Å². The molecule has 0 bridgehead atoms. The summed E-state index contributed by atoms with van der Waals surface area (Å²) in [4.78, 5) is 4.11. The molecule has 1 aromatic carbocycles. The molecule has 0 aliphatic rings. The highest BCUT2D eigenvalue weighted by Crippen LogP contribution is 2.35. The molecule has 27 heavy (non-hydrogen) atoms. The maximum Gasteiger partial charge on any atom is 0.416 e. The zero-order valence-electron chi connectivity index (χ0n) is 14.6. The Hall–Kier alpha value is -3.07. The van der Waals surface area contributed by atoms with E-state index < -0.39 is 11.7 Å². The lowest BCUT2D eigenvalue weighted by atomic mass is 10.2. The SMILES string of the molecule is COc1cc(Nc2cc(CO)n(-c3ccnc(C)c3)n2)cc(C(F)(F)F)c1. The lowest BCUT2D eigenvalue weighted by Crippen LogP contribution is -2.06. The Morgan fingerprint density at radius 1 is 1.19 bits per heavy atom. The summed E-state index contributed by atoms with van der Waals surface area (Å²) in [7, 11) is 1.30. The molecule has 0 unspecified atom stereocenters. The fourth-order valence-electron chi connectivity index (χ4n) is 2.58. The van der Waals surface area contributed by atoms with E-state index in [-0.39, 0.29) is 23.9 Å². The summed E-state index contributed by atoms with van der Waals surface area (Å²) in [5.41, 5.74) is 1.25. The molecule has 142 valence electrons. The van der Waals surface area contributed by atoms with Crippen molar-refractivity contribution in [2.45, 2.75) is 19.7 Å². The fourth-order valence-corrected chi connectivity index (χ4v) is 2.58. The number of nitrogens with one attached hydrogen (secondary N) is 1. The molecular formula is C18H17F3N4O2. The lowest BCUT2D eigenvalue weighted by Gasteiger charge is -2.12. The van der Waals surface area contributed by atoms with Gasteiger partial charge < -0.3 is 15.2 Å². The minimum absolute atomic E-state index is 0.0684. The monoisotopic (exact) mass is 378 g/mol. The summed E-state index contributed by atoms with van der Waals surface area (Å²) < 4.78 is 45.6. The van der Waals surface area contributed by atoms with Crippen molar-refractivity contribution in [1.82, 2.24) is 14.8 Å². The third kappa shape index (κ3) is 4.20. The largest absolute Gasteiger partial charge is 0.497 e. The zero-order chi connectivity index (χ0) is 19.6. The second kappa shape index (κ2) is 7.28. The molecule has 0 atom stereocenters. The number of halogens is 3. The Morgan fingerprint density at radius 3 is 2.59 bits per heavy atom. The number of methoxy groups -OCH3 is 1. The Balaban J connectivity index is 1.97. The first-order valence-electron chi connectivity index (χ1n) is 7.96. The quantitative estimate of drug-likeness (QED) is 0.706. The highest BCUT2D eigenvalue weighted by Gasteiger charge is 2.31. The second-order valence-electron chi connectivity index (χ2n) is 5.82. The van der Waals surface area contributed by atoms with Gasteiger partial charge in [0.25, 0.3) is 0 Å². The number of aliphatic hydroxyl groups excluding tert-OH is 1. The number of hydrogen-bond donors (Lipinski definition) is 2. The minimum atomic E-state index is -4.50. The van der Waals surface area contributed by atoms with Gasteiger partial charge in [-0.3, -0.25) is 4.98 Å². The maximum atomic E-state index is 13.1. The lowest BCUT2D eigenvalue weighted by molar-refractivity contribution is -0.137. The van der Waals surface area contributed by atoms with Crippen LogP contribution in [0.25, 0.3) is 5.69 Å². The standard InChI is InChI=1S/C18H17F3N4O2/c1-11-5-14(3-4-22-11)25-15(10-26)9-17(24-25)23-13-6-12(18(19,20)21)7-16(8-13)27-2/h3-9,26H,10H2,1-2H3,(H,23,24). The molecule has 0 saturated carbocycles. The summed E-state index contributed by atoms with van der Waals surface area (Å²) in [6.45, 7) is 1.53. The fraction of sp³-hybridized carbons (Fsp3) is 0.222. The number of aromatic nitrogens is 3. The normalized spacial score (nSPS) is 11.5. The van der Waals surface area contributed by atoms with E-state index in [1.54, 1.807) is 24.4 Å². The van der Waals surface area contributed by atoms with Gasteiger partial charge >= 0.3 is 6.18 Å². The molecule has 2 heterocycles. The third-order valence-electron chi connectivity index (χ3n) is 3.81. The highest BCUT2D eigenvalue weighted by molar-refractivity contribution is 5.61. The van der Waals surface area contributed by atoms with E-state index >= 15 is 0 Å². The van der Waals surface area contributed by atoms with Crippen LogP contribution in [0, 0.1) is 6.92 Å². The summed E-state index contributed by atoms with van der Waals surface area (Å²) in [5.74, 6) is 0.355. The van der Waals surface area contributed by atoms with Crippen LogP contribution < -0.4 is 10.1 Å². The zero-order valence-corrected chi connectivity index (χ0v) is 14.6. The van der Waals surface area contributed by atoms with Gasteiger partial charge in [0.2, 0.25) is 0 Å². The van der Waals surface area contributed by atoms with Crippen LogP contribution in [0.15, 0.2) is 42.6 Å². The molecule has 3 aromatic rings. The van der Waals surface area contributed by atoms with E-state index in [1.807, 2.05) is 6.92 Å². The molecule has 2 aromatic heterocycles. The average molecular weight is 378 g/mol. The van der Waals surface area contributed by atoms with Crippen LogP contribution in [0.4, 0.5) is 24.7 Å². The van der Waals surface area contributed by atoms with E-state index in [4.69, 9.17) is 4.74 Å². The molecule has 0 aliphatic carbocycles. The minimum Gasteiger partial charge on any atom is -0.497 e. The first kappa shape index (κ1) is 18.7. The van der Waals surface area contributed by atoms with Gasteiger partial charge in [-0.05, 0) is 31.2 Å². The molecular weight excluding hydrogens is 361 g/mol. The van der Waals surface area contributed by atoms with Crippen molar-refractivity contribution in [2.75, 3.05) is 12.4 Å². The van der Waals surface area contributed by atoms with E-state index in [0.717, 1.165) is 17.8 Å². The number of rotatable bonds is 5. The van der Waals surface area contributed by atoms with E-state index in [1.165, 1.54) is 17.9 Å². The summed E-state index contributed by atoms with van der Waals surface area (Å²) in [6, 6.07) is 8.38. The Morgan fingerprint density at radius 2 is 1.96 bits per heavy atom. The number of alkyl halides is 3. The molecule has 9 heteroatoms. The number of ether oxygens (including phenoxy) is 1. The van der Waals surface area contributed by atoms with Gasteiger partial charge in [0.15, 0.2) is 5.82 Å². The van der Waals surface area contributed by atoms with Crippen LogP contribution >= 0.6 is 0 Å². The predicted molar refractivity (Wildman–Crippen MR) is 93.3 cm³/mol. The number of hydrogen-bond acceptors (Lipinski definition) is 5. The van der Waals surface area contributed by atoms with Crippen LogP contribution in [0.5, 0.6) is 5.75 Å². The first-order valence-corrected chi connectivity index (χ1v) is 7.96. The molecule has 0 spiro atoms. The molecule has 0 fully saturated rings. The van der Waals surface area contributed by atoms with Gasteiger partial charge in [-0.15, -0.1) is 5.10 Å². The molecule has 3 rings (SSSR count).